The molecule has 0 bridgehead atoms. The highest BCUT2D eigenvalue weighted by Gasteiger charge is 2.16. The molecule has 21 heavy (non-hydrogen) atoms. The van der Waals surface area contributed by atoms with Crippen molar-refractivity contribution in [3.63, 3.8) is 0 Å². The van der Waals surface area contributed by atoms with Gasteiger partial charge in [0, 0.05) is 24.3 Å². The van der Waals surface area contributed by atoms with Crippen molar-refractivity contribution >= 4 is 11.7 Å². The molecular weight excluding hydrogens is 268 g/mol. The van der Waals surface area contributed by atoms with Crippen LogP contribution in [-0.4, -0.2) is 29.4 Å². The molecule has 5 nitrogen and oxygen atoms in total. The number of Topliss-reactive ketones (excluding diaryl/α,β-unsaturated/α-hetero) is 1. The first kappa shape index (κ1) is 15.6. The number of aryl methyl sites for hydroxylation is 1. The Morgan fingerprint density at radius 2 is 2.24 bits per heavy atom. The summed E-state index contributed by atoms with van der Waals surface area (Å²) in [5, 5.41) is 2.86. The maximum absolute atomic E-state index is 11.8. The van der Waals surface area contributed by atoms with E-state index in [0.717, 1.165) is 31.6 Å². The van der Waals surface area contributed by atoms with E-state index in [4.69, 9.17) is 4.74 Å². The molecule has 2 rings (SSSR count). The third-order valence-corrected chi connectivity index (χ3v) is 3.71. The lowest BCUT2D eigenvalue weighted by molar-refractivity contribution is -0.121. The number of carbonyl (C=O) groups is 2. The Morgan fingerprint density at radius 1 is 1.43 bits per heavy atom. The van der Waals surface area contributed by atoms with Gasteiger partial charge in [0.05, 0.1) is 18.3 Å². The van der Waals surface area contributed by atoms with E-state index in [2.05, 4.69) is 10.3 Å². The van der Waals surface area contributed by atoms with Crippen LogP contribution >= 0.6 is 0 Å². The van der Waals surface area contributed by atoms with E-state index in [9.17, 15) is 9.59 Å². The highest BCUT2D eigenvalue weighted by molar-refractivity contribution is 5.95. The van der Waals surface area contributed by atoms with E-state index in [1.807, 2.05) is 0 Å². The predicted octanol–water partition coefficient (Wildman–Crippen LogP) is 2.17. The first-order valence-electron chi connectivity index (χ1n) is 7.42. The number of nitrogens with zero attached hydrogens (tertiary/aromatic N) is 1. The van der Waals surface area contributed by atoms with Crippen LogP contribution < -0.4 is 5.32 Å². The highest BCUT2D eigenvalue weighted by atomic mass is 16.5. The fourth-order valence-electron chi connectivity index (χ4n) is 2.53. The number of hydrogen-bond acceptors (Lipinski definition) is 4. The number of amides is 1. The number of rotatable bonds is 6. The lowest BCUT2D eigenvalue weighted by atomic mass is 10.1. The summed E-state index contributed by atoms with van der Waals surface area (Å²) in [7, 11) is 0. The molecule has 1 unspecified atom stereocenters. The summed E-state index contributed by atoms with van der Waals surface area (Å²) in [6, 6.07) is 3.54. The first-order valence-corrected chi connectivity index (χ1v) is 7.42. The fraction of sp³-hybridized carbons (Fsp3) is 0.562. The number of hydrogen-bond donors (Lipinski definition) is 1. The van der Waals surface area contributed by atoms with E-state index in [-0.39, 0.29) is 17.8 Å². The van der Waals surface area contributed by atoms with Gasteiger partial charge in [0.25, 0.3) is 0 Å². The van der Waals surface area contributed by atoms with Gasteiger partial charge in [-0.25, -0.2) is 0 Å². The second-order valence-electron chi connectivity index (χ2n) is 5.44. The average molecular weight is 290 g/mol. The van der Waals surface area contributed by atoms with Crippen LogP contribution in [0.5, 0.6) is 0 Å². The van der Waals surface area contributed by atoms with Crippen LogP contribution in [-0.2, 0) is 16.1 Å². The molecule has 1 amide bonds. The van der Waals surface area contributed by atoms with Crippen LogP contribution in [0.25, 0.3) is 0 Å². The Balaban J connectivity index is 1.78. The zero-order valence-electron chi connectivity index (χ0n) is 12.6. The molecule has 1 aromatic heterocycles. The maximum Gasteiger partial charge on any atom is 0.220 e. The molecule has 1 aliphatic heterocycles. The first-order chi connectivity index (χ1) is 10.1. The van der Waals surface area contributed by atoms with Crippen LogP contribution in [0.3, 0.4) is 0 Å². The van der Waals surface area contributed by atoms with Crippen molar-refractivity contribution in [2.75, 3.05) is 6.61 Å². The zero-order chi connectivity index (χ0) is 15.2. The van der Waals surface area contributed by atoms with Crippen LogP contribution in [0.2, 0.25) is 0 Å². The van der Waals surface area contributed by atoms with Gasteiger partial charge >= 0.3 is 0 Å². The highest BCUT2D eigenvalue weighted by Crippen LogP contribution is 2.16. The molecule has 1 N–H and O–H groups in total. The number of ether oxygens (including phenoxy) is 1. The van der Waals surface area contributed by atoms with Crippen molar-refractivity contribution < 1.29 is 14.3 Å². The SMILES string of the molecule is CC(=O)c1ccc(CNC(=O)CCC2CCCO2)nc1C. The summed E-state index contributed by atoms with van der Waals surface area (Å²) in [4.78, 5) is 27.5. The molecule has 1 fully saturated rings. The minimum Gasteiger partial charge on any atom is -0.378 e. The Morgan fingerprint density at radius 3 is 2.86 bits per heavy atom. The van der Waals surface area contributed by atoms with Crippen molar-refractivity contribution in [1.29, 1.82) is 0 Å². The van der Waals surface area contributed by atoms with Crippen LogP contribution in [0.4, 0.5) is 0 Å². The smallest absolute Gasteiger partial charge is 0.220 e. The van der Waals surface area contributed by atoms with Gasteiger partial charge in [0.15, 0.2) is 5.78 Å². The van der Waals surface area contributed by atoms with E-state index in [1.54, 1.807) is 19.1 Å². The standard InChI is InChI=1S/C16H22N2O3/c1-11-15(12(2)19)7-5-13(18-11)10-17-16(20)8-6-14-4-3-9-21-14/h5,7,14H,3-4,6,8-10H2,1-2H3,(H,17,20). The molecule has 2 heterocycles. The quantitative estimate of drug-likeness (QED) is 0.815. The number of ketones is 1. The van der Waals surface area contributed by atoms with E-state index < -0.39 is 0 Å². The van der Waals surface area contributed by atoms with Gasteiger partial charge in [-0.05, 0) is 45.2 Å². The van der Waals surface area contributed by atoms with Crippen LogP contribution in [0, 0.1) is 6.92 Å². The maximum atomic E-state index is 11.8. The third kappa shape index (κ3) is 4.63. The Hall–Kier alpha value is -1.75. The monoisotopic (exact) mass is 290 g/mol. The van der Waals surface area contributed by atoms with E-state index in [1.165, 1.54) is 6.92 Å². The van der Waals surface area contributed by atoms with Gasteiger partial charge in [-0.1, -0.05) is 0 Å². The van der Waals surface area contributed by atoms with Crippen molar-refractivity contribution in [2.45, 2.75) is 52.2 Å². The van der Waals surface area contributed by atoms with Crippen molar-refractivity contribution in [3.05, 3.63) is 29.1 Å². The average Bonchev–Trinajstić information content (AvgIpc) is 2.95. The topological polar surface area (TPSA) is 68.3 Å². The minimum absolute atomic E-state index is 0.00662. The normalized spacial score (nSPS) is 17.7. The molecule has 0 saturated carbocycles. The van der Waals surface area contributed by atoms with Gasteiger partial charge in [-0.15, -0.1) is 0 Å². The Labute approximate surface area is 125 Å². The zero-order valence-corrected chi connectivity index (χ0v) is 12.6. The van der Waals surface area contributed by atoms with Crippen LogP contribution in [0.1, 0.15) is 54.4 Å². The van der Waals surface area contributed by atoms with Gasteiger partial charge in [0.1, 0.15) is 0 Å². The molecular formula is C16H22N2O3. The van der Waals surface area contributed by atoms with Crippen molar-refractivity contribution in [3.8, 4) is 0 Å². The number of carbonyl (C=O) groups excluding carboxylic acids is 2. The molecule has 0 spiro atoms. The molecule has 0 radical (unpaired) electrons. The summed E-state index contributed by atoms with van der Waals surface area (Å²) >= 11 is 0. The van der Waals surface area contributed by atoms with Gasteiger partial charge in [0.2, 0.25) is 5.91 Å². The summed E-state index contributed by atoms with van der Waals surface area (Å²) in [6.45, 7) is 4.54. The van der Waals surface area contributed by atoms with Gasteiger partial charge in [-0.2, -0.15) is 0 Å². The molecule has 0 aliphatic carbocycles. The summed E-state index contributed by atoms with van der Waals surface area (Å²) in [5.41, 5.74) is 2.10. The minimum atomic E-state index is 0.00662. The number of pyridine rings is 1. The predicted molar refractivity (Wildman–Crippen MR) is 79.0 cm³/mol. The molecule has 0 aromatic carbocycles. The van der Waals surface area contributed by atoms with Gasteiger partial charge < -0.3 is 10.1 Å². The van der Waals surface area contributed by atoms with Gasteiger partial charge in [-0.3, -0.25) is 14.6 Å². The second-order valence-corrected chi connectivity index (χ2v) is 5.44. The Kier molecular flexibility index (Phi) is 5.44. The molecule has 1 atom stereocenters. The lowest BCUT2D eigenvalue weighted by Crippen LogP contribution is -2.24. The molecule has 5 heteroatoms. The molecule has 1 aliphatic rings. The van der Waals surface area contributed by atoms with E-state index >= 15 is 0 Å². The number of nitrogens with one attached hydrogen (secondary N) is 1. The summed E-state index contributed by atoms with van der Waals surface area (Å²) < 4.78 is 5.49. The largest absolute Gasteiger partial charge is 0.378 e. The van der Waals surface area contributed by atoms with Crippen LogP contribution in [0.15, 0.2) is 12.1 Å². The Bertz CT molecular complexity index is 522. The number of aromatic nitrogens is 1. The molecule has 1 saturated heterocycles. The summed E-state index contributed by atoms with van der Waals surface area (Å²) in [6.07, 6.45) is 3.65. The fourth-order valence-corrected chi connectivity index (χ4v) is 2.53. The lowest BCUT2D eigenvalue weighted by Gasteiger charge is -2.10. The van der Waals surface area contributed by atoms with E-state index in [0.29, 0.717) is 24.2 Å². The van der Waals surface area contributed by atoms with Crippen molar-refractivity contribution in [1.82, 2.24) is 10.3 Å². The second kappa shape index (κ2) is 7.31. The molecule has 114 valence electrons. The third-order valence-electron chi connectivity index (χ3n) is 3.71. The molecule has 1 aromatic rings. The summed E-state index contributed by atoms with van der Waals surface area (Å²) in [5.74, 6) is 0.0211. The van der Waals surface area contributed by atoms with Crippen molar-refractivity contribution in [2.24, 2.45) is 0 Å².